The van der Waals surface area contributed by atoms with Crippen LogP contribution in [0.3, 0.4) is 0 Å². The number of thioether (sulfide) groups is 1. The van der Waals surface area contributed by atoms with E-state index >= 15 is 0 Å². The maximum atomic E-state index is 11.9. The molecule has 1 atom stereocenters. The predicted molar refractivity (Wildman–Crippen MR) is 67.6 cm³/mol. The fourth-order valence-electron chi connectivity index (χ4n) is 1.12. The molecule has 0 heterocycles. The average molecular weight is 286 g/mol. The first-order valence-corrected chi connectivity index (χ1v) is 7.12. The second-order valence-corrected chi connectivity index (χ2v) is 6.06. The van der Waals surface area contributed by atoms with Crippen molar-refractivity contribution in [1.82, 2.24) is 0 Å². The van der Waals surface area contributed by atoms with Crippen molar-refractivity contribution in [3.63, 3.8) is 0 Å². The molecule has 6 heteroatoms. The minimum Gasteiger partial charge on any atom is -0.465 e. The molecule has 0 rings (SSSR count). The Bertz CT molecular complexity index is 242. The number of unbranched alkanes of at least 4 members (excludes halogenated alkanes) is 1. The number of carbonyl (C=O) groups excluding carboxylic acids is 1. The summed E-state index contributed by atoms with van der Waals surface area (Å²) in [7, 11) is 0. The Morgan fingerprint density at radius 2 is 1.83 bits per heavy atom. The summed E-state index contributed by atoms with van der Waals surface area (Å²) >= 11 is 1.34. The molecule has 0 aromatic carbocycles. The number of rotatable bonds is 8. The van der Waals surface area contributed by atoms with E-state index in [4.69, 9.17) is 4.74 Å². The van der Waals surface area contributed by atoms with E-state index in [1.165, 1.54) is 11.8 Å². The molecule has 0 saturated carbocycles. The maximum absolute atomic E-state index is 11.9. The van der Waals surface area contributed by atoms with Gasteiger partial charge in [-0.1, -0.05) is 13.8 Å². The highest BCUT2D eigenvalue weighted by molar-refractivity contribution is 8.00. The van der Waals surface area contributed by atoms with Gasteiger partial charge in [-0.15, -0.1) is 11.8 Å². The van der Waals surface area contributed by atoms with Gasteiger partial charge in [0.1, 0.15) is 0 Å². The number of halogens is 3. The Morgan fingerprint density at radius 1 is 1.22 bits per heavy atom. The first-order valence-electron chi connectivity index (χ1n) is 6.07. The van der Waals surface area contributed by atoms with E-state index in [1.54, 1.807) is 6.92 Å². The second-order valence-electron chi connectivity index (χ2n) is 4.61. The van der Waals surface area contributed by atoms with Crippen LogP contribution in [-0.4, -0.2) is 29.8 Å². The van der Waals surface area contributed by atoms with Gasteiger partial charge in [0.05, 0.1) is 11.9 Å². The topological polar surface area (TPSA) is 26.3 Å². The highest BCUT2D eigenvalue weighted by atomic mass is 32.2. The zero-order valence-electron chi connectivity index (χ0n) is 11.0. The zero-order chi connectivity index (χ0) is 14.2. The van der Waals surface area contributed by atoms with E-state index in [0.29, 0.717) is 18.8 Å². The quantitative estimate of drug-likeness (QED) is 0.497. The number of carbonyl (C=O) groups is 1. The molecule has 0 aliphatic carbocycles. The Kier molecular flexibility index (Phi) is 8.48. The van der Waals surface area contributed by atoms with Crippen LogP contribution in [0.25, 0.3) is 0 Å². The highest BCUT2D eigenvalue weighted by Gasteiger charge is 2.25. The molecule has 2 nitrogen and oxygen atoms in total. The van der Waals surface area contributed by atoms with Gasteiger partial charge in [-0.25, -0.2) is 0 Å². The minimum atomic E-state index is -4.08. The lowest BCUT2D eigenvalue weighted by molar-refractivity contribution is -0.143. The van der Waals surface area contributed by atoms with Crippen molar-refractivity contribution in [2.75, 3.05) is 12.4 Å². The molecule has 0 aromatic rings. The van der Waals surface area contributed by atoms with Crippen molar-refractivity contribution < 1.29 is 22.7 Å². The molecular formula is C12H21F3O2S. The highest BCUT2D eigenvalue weighted by Crippen LogP contribution is 2.23. The fourth-order valence-corrected chi connectivity index (χ4v) is 2.05. The van der Waals surface area contributed by atoms with Gasteiger partial charge in [0.2, 0.25) is 0 Å². The molecule has 0 saturated heterocycles. The number of alkyl halides is 3. The van der Waals surface area contributed by atoms with Crippen LogP contribution in [0.1, 0.15) is 40.0 Å². The summed E-state index contributed by atoms with van der Waals surface area (Å²) < 4.78 is 40.6. The Morgan fingerprint density at radius 3 is 2.33 bits per heavy atom. The molecule has 0 spiro atoms. The third-order valence-electron chi connectivity index (χ3n) is 2.11. The van der Waals surface area contributed by atoms with Crippen LogP contribution in [0, 0.1) is 5.92 Å². The molecular weight excluding hydrogens is 265 g/mol. The third kappa shape index (κ3) is 10.7. The minimum absolute atomic E-state index is 0.115. The lowest BCUT2D eigenvalue weighted by atomic mass is 10.2. The van der Waals surface area contributed by atoms with Crippen LogP contribution in [0.2, 0.25) is 0 Å². The van der Waals surface area contributed by atoms with E-state index in [1.807, 2.05) is 13.8 Å². The average Bonchev–Trinajstić information content (AvgIpc) is 2.23. The first-order chi connectivity index (χ1) is 8.22. The van der Waals surface area contributed by atoms with Gasteiger partial charge >= 0.3 is 12.1 Å². The second kappa shape index (κ2) is 8.67. The van der Waals surface area contributed by atoms with Crippen LogP contribution in [0.5, 0.6) is 0 Å². The van der Waals surface area contributed by atoms with Crippen molar-refractivity contribution in [1.29, 1.82) is 0 Å². The van der Waals surface area contributed by atoms with Gasteiger partial charge in [0.15, 0.2) is 0 Å². The smallest absolute Gasteiger partial charge is 0.389 e. The van der Waals surface area contributed by atoms with Crippen LogP contribution >= 0.6 is 11.8 Å². The molecule has 1 unspecified atom stereocenters. The number of esters is 1. The lowest BCUT2D eigenvalue weighted by Crippen LogP contribution is -2.19. The predicted octanol–water partition coefficient (Wildman–Crippen LogP) is 4.04. The molecule has 0 N–H and O–H groups in total. The Labute approximate surface area is 111 Å². The molecule has 0 aliphatic rings. The summed E-state index contributed by atoms with van der Waals surface area (Å²) in [5.74, 6) is 0.552. The Hall–Kier alpha value is -0.390. The van der Waals surface area contributed by atoms with Crippen LogP contribution < -0.4 is 0 Å². The maximum Gasteiger partial charge on any atom is 0.389 e. The number of ether oxygens (including phenoxy) is 1. The summed E-state index contributed by atoms with van der Waals surface area (Å²) in [5, 5.41) is -0.311. The monoisotopic (exact) mass is 286 g/mol. The number of hydrogen-bond acceptors (Lipinski definition) is 3. The summed E-state index contributed by atoms with van der Waals surface area (Å²) in [4.78, 5) is 11.4. The summed E-state index contributed by atoms with van der Waals surface area (Å²) in [6, 6.07) is 0. The Balaban J connectivity index is 3.58. The molecule has 0 radical (unpaired) electrons. The van der Waals surface area contributed by atoms with Crippen LogP contribution in [-0.2, 0) is 9.53 Å². The van der Waals surface area contributed by atoms with Crippen molar-refractivity contribution in [2.24, 2.45) is 5.92 Å². The summed E-state index contributed by atoms with van der Waals surface area (Å²) in [5.41, 5.74) is 0. The molecule has 18 heavy (non-hydrogen) atoms. The number of hydrogen-bond donors (Lipinski definition) is 0. The van der Waals surface area contributed by atoms with Crippen molar-refractivity contribution in [3.05, 3.63) is 0 Å². The molecule has 0 fully saturated rings. The summed E-state index contributed by atoms with van der Waals surface area (Å²) in [6.07, 6.45) is -4.25. The van der Waals surface area contributed by atoms with E-state index in [9.17, 15) is 18.0 Å². The van der Waals surface area contributed by atoms with Gasteiger partial charge in [-0.2, -0.15) is 13.2 Å². The van der Waals surface area contributed by atoms with Gasteiger partial charge in [0.25, 0.3) is 0 Å². The van der Waals surface area contributed by atoms with Crippen molar-refractivity contribution in [2.45, 2.75) is 51.5 Å². The van der Waals surface area contributed by atoms with Crippen molar-refractivity contribution >= 4 is 17.7 Å². The van der Waals surface area contributed by atoms with Gasteiger partial charge in [0, 0.05) is 6.42 Å². The SMILES string of the molecule is CC(C)COC(=O)C(C)SCCCCC(F)(F)F. The summed E-state index contributed by atoms with van der Waals surface area (Å²) in [6.45, 7) is 6.00. The third-order valence-corrected chi connectivity index (χ3v) is 3.33. The largest absolute Gasteiger partial charge is 0.465 e. The molecule has 0 amide bonds. The van der Waals surface area contributed by atoms with E-state index in [-0.39, 0.29) is 23.6 Å². The molecule has 0 bridgehead atoms. The van der Waals surface area contributed by atoms with E-state index in [2.05, 4.69) is 0 Å². The molecule has 0 aromatic heterocycles. The standard InChI is InChI=1S/C12H21F3O2S/c1-9(2)8-17-11(16)10(3)18-7-5-4-6-12(13,14)15/h9-10H,4-8H2,1-3H3. The van der Waals surface area contributed by atoms with E-state index in [0.717, 1.165) is 0 Å². The van der Waals surface area contributed by atoms with Crippen molar-refractivity contribution in [3.8, 4) is 0 Å². The van der Waals surface area contributed by atoms with Gasteiger partial charge < -0.3 is 4.74 Å². The van der Waals surface area contributed by atoms with E-state index < -0.39 is 12.6 Å². The molecule has 0 aliphatic heterocycles. The lowest BCUT2D eigenvalue weighted by Gasteiger charge is -2.12. The first kappa shape index (κ1) is 17.6. The van der Waals surface area contributed by atoms with Crippen LogP contribution in [0.15, 0.2) is 0 Å². The van der Waals surface area contributed by atoms with Crippen LogP contribution in [0.4, 0.5) is 13.2 Å². The van der Waals surface area contributed by atoms with Gasteiger partial charge in [-0.05, 0) is 31.4 Å². The zero-order valence-corrected chi connectivity index (χ0v) is 11.9. The fraction of sp³-hybridized carbons (Fsp3) is 0.917. The molecule has 108 valence electrons. The normalized spacial score (nSPS) is 13.7. The van der Waals surface area contributed by atoms with Gasteiger partial charge in [-0.3, -0.25) is 4.79 Å².